The summed E-state index contributed by atoms with van der Waals surface area (Å²) in [6.45, 7) is 2.83. The van der Waals surface area contributed by atoms with E-state index in [9.17, 15) is 9.59 Å². The molecular formula is C11H17N5O2. The summed E-state index contributed by atoms with van der Waals surface area (Å²) in [5.41, 5.74) is 0. The van der Waals surface area contributed by atoms with Crippen molar-refractivity contribution in [3.8, 4) is 0 Å². The molecule has 1 aromatic heterocycles. The Hall–Kier alpha value is -1.92. The normalized spacial score (nSPS) is 19.7. The van der Waals surface area contributed by atoms with Crippen LogP contribution in [0.4, 0.5) is 0 Å². The third-order valence-corrected chi connectivity index (χ3v) is 3.11. The molecule has 2 amide bonds. The van der Waals surface area contributed by atoms with Crippen molar-refractivity contribution in [2.45, 2.75) is 19.8 Å². The summed E-state index contributed by atoms with van der Waals surface area (Å²) in [7, 11) is 1.61. The molecule has 1 atom stereocenters. The van der Waals surface area contributed by atoms with E-state index >= 15 is 0 Å². The van der Waals surface area contributed by atoms with E-state index in [4.69, 9.17) is 0 Å². The molecule has 0 saturated carbocycles. The third-order valence-electron chi connectivity index (χ3n) is 3.11. The Morgan fingerprint density at radius 3 is 2.89 bits per heavy atom. The van der Waals surface area contributed by atoms with E-state index in [2.05, 4.69) is 20.5 Å². The highest BCUT2D eigenvalue weighted by Gasteiger charge is 2.29. The van der Waals surface area contributed by atoms with Crippen LogP contribution in [-0.4, -0.2) is 52.0 Å². The lowest BCUT2D eigenvalue weighted by atomic mass is 9.97. The number of aromatic nitrogens is 3. The predicted octanol–water partition coefficient (Wildman–Crippen LogP) is -0.289. The fraction of sp³-hybridized carbons (Fsp3) is 0.636. The van der Waals surface area contributed by atoms with E-state index in [1.54, 1.807) is 18.9 Å². The number of rotatable bonds is 2. The van der Waals surface area contributed by atoms with Gasteiger partial charge in [-0.05, 0) is 19.8 Å². The quantitative estimate of drug-likeness (QED) is 0.755. The van der Waals surface area contributed by atoms with Gasteiger partial charge in [0, 0.05) is 20.1 Å². The van der Waals surface area contributed by atoms with E-state index in [-0.39, 0.29) is 23.6 Å². The van der Waals surface area contributed by atoms with Crippen LogP contribution >= 0.6 is 0 Å². The van der Waals surface area contributed by atoms with Crippen molar-refractivity contribution in [1.82, 2.24) is 25.4 Å². The van der Waals surface area contributed by atoms with Crippen molar-refractivity contribution in [1.29, 1.82) is 0 Å². The van der Waals surface area contributed by atoms with Gasteiger partial charge in [0.25, 0.3) is 5.91 Å². The number of nitrogens with zero attached hydrogens (tertiary/aromatic N) is 3. The minimum atomic E-state index is -0.215. The molecule has 1 aliphatic heterocycles. The number of nitrogens with one attached hydrogen (secondary N) is 2. The predicted molar refractivity (Wildman–Crippen MR) is 63.8 cm³/mol. The summed E-state index contributed by atoms with van der Waals surface area (Å²) in [6, 6.07) is 0. The minimum Gasteiger partial charge on any atom is -0.359 e. The fourth-order valence-electron chi connectivity index (χ4n) is 2.16. The largest absolute Gasteiger partial charge is 0.359 e. The van der Waals surface area contributed by atoms with Crippen LogP contribution in [0.5, 0.6) is 0 Å². The van der Waals surface area contributed by atoms with Gasteiger partial charge in [-0.25, -0.2) is 4.98 Å². The number of aromatic amines is 1. The van der Waals surface area contributed by atoms with Crippen LogP contribution in [0.25, 0.3) is 0 Å². The van der Waals surface area contributed by atoms with E-state index in [1.165, 1.54) is 0 Å². The van der Waals surface area contributed by atoms with Crippen molar-refractivity contribution < 1.29 is 9.59 Å². The molecule has 1 unspecified atom stereocenters. The highest BCUT2D eigenvalue weighted by atomic mass is 16.2. The second-order valence-corrected chi connectivity index (χ2v) is 4.45. The molecule has 0 spiro atoms. The first kappa shape index (κ1) is 12.5. The summed E-state index contributed by atoms with van der Waals surface area (Å²) in [4.78, 5) is 29.4. The molecule has 0 bridgehead atoms. The van der Waals surface area contributed by atoms with Gasteiger partial charge >= 0.3 is 0 Å². The van der Waals surface area contributed by atoms with Gasteiger partial charge in [0.15, 0.2) is 0 Å². The summed E-state index contributed by atoms with van der Waals surface area (Å²) in [6.07, 6.45) is 1.64. The highest BCUT2D eigenvalue weighted by molar-refractivity contribution is 5.91. The average Bonchev–Trinajstić information content (AvgIpc) is 2.83. The maximum absolute atomic E-state index is 12.1. The number of carbonyl (C=O) groups is 2. The molecule has 0 aliphatic carbocycles. The van der Waals surface area contributed by atoms with Crippen molar-refractivity contribution >= 4 is 11.8 Å². The molecule has 1 fully saturated rings. The number of likely N-dealkylation sites (tertiary alicyclic amines) is 1. The first-order chi connectivity index (χ1) is 8.61. The van der Waals surface area contributed by atoms with Crippen LogP contribution in [0.3, 0.4) is 0 Å². The maximum Gasteiger partial charge on any atom is 0.293 e. The lowest BCUT2D eigenvalue weighted by Crippen LogP contribution is -2.45. The van der Waals surface area contributed by atoms with Gasteiger partial charge in [-0.3, -0.25) is 14.7 Å². The van der Waals surface area contributed by atoms with E-state index < -0.39 is 0 Å². The van der Waals surface area contributed by atoms with Gasteiger partial charge in [-0.2, -0.15) is 0 Å². The number of carbonyl (C=O) groups excluding carboxylic acids is 2. The van der Waals surface area contributed by atoms with Crippen molar-refractivity contribution in [3.63, 3.8) is 0 Å². The maximum atomic E-state index is 12.1. The molecular weight excluding hydrogens is 234 g/mol. The zero-order chi connectivity index (χ0) is 13.1. The number of aryl methyl sites for hydroxylation is 1. The summed E-state index contributed by atoms with van der Waals surface area (Å²) >= 11 is 0. The van der Waals surface area contributed by atoms with E-state index in [0.29, 0.717) is 18.9 Å². The van der Waals surface area contributed by atoms with Gasteiger partial charge in [0.2, 0.25) is 11.7 Å². The van der Waals surface area contributed by atoms with Crippen LogP contribution < -0.4 is 5.32 Å². The Kier molecular flexibility index (Phi) is 3.59. The SMILES string of the molecule is CNC(=O)C1CCCN(C(=O)c2n[nH]c(C)n2)C1. The molecule has 2 rings (SSSR count). The first-order valence-electron chi connectivity index (χ1n) is 6.01. The Labute approximate surface area is 105 Å². The number of hydrogen-bond donors (Lipinski definition) is 2. The van der Waals surface area contributed by atoms with Crippen molar-refractivity contribution in [2.75, 3.05) is 20.1 Å². The highest BCUT2D eigenvalue weighted by Crippen LogP contribution is 2.17. The first-order valence-corrected chi connectivity index (χ1v) is 6.01. The second-order valence-electron chi connectivity index (χ2n) is 4.45. The summed E-state index contributed by atoms with van der Waals surface area (Å²) in [5, 5.41) is 9.12. The number of amides is 2. The van der Waals surface area contributed by atoms with Crippen LogP contribution in [0.2, 0.25) is 0 Å². The van der Waals surface area contributed by atoms with Gasteiger partial charge in [-0.1, -0.05) is 0 Å². The zero-order valence-corrected chi connectivity index (χ0v) is 10.6. The molecule has 7 heteroatoms. The minimum absolute atomic E-state index is 0.0151. The molecule has 7 nitrogen and oxygen atoms in total. The van der Waals surface area contributed by atoms with Gasteiger partial charge < -0.3 is 10.2 Å². The topological polar surface area (TPSA) is 91.0 Å². The van der Waals surface area contributed by atoms with Crippen molar-refractivity contribution in [3.05, 3.63) is 11.6 Å². The fourth-order valence-corrected chi connectivity index (χ4v) is 2.16. The standard InChI is InChI=1S/C11H17N5O2/c1-7-13-9(15-14-7)11(18)16-5-3-4-8(6-16)10(17)12-2/h8H,3-6H2,1-2H3,(H,12,17)(H,13,14,15). The Morgan fingerprint density at radius 1 is 1.50 bits per heavy atom. The van der Waals surface area contributed by atoms with Crippen LogP contribution in [0, 0.1) is 12.8 Å². The van der Waals surface area contributed by atoms with Crippen LogP contribution in [-0.2, 0) is 4.79 Å². The number of piperidine rings is 1. The smallest absolute Gasteiger partial charge is 0.293 e. The molecule has 0 radical (unpaired) electrons. The molecule has 98 valence electrons. The molecule has 1 aliphatic rings. The summed E-state index contributed by atoms with van der Waals surface area (Å²) in [5.74, 6) is 0.419. The Morgan fingerprint density at radius 2 is 2.28 bits per heavy atom. The third kappa shape index (κ3) is 2.49. The monoisotopic (exact) mass is 251 g/mol. The second kappa shape index (κ2) is 5.16. The molecule has 18 heavy (non-hydrogen) atoms. The van der Waals surface area contributed by atoms with Crippen molar-refractivity contribution in [2.24, 2.45) is 5.92 Å². The van der Waals surface area contributed by atoms with Gasteiger partial charge in [0.05, 0.1) is 5.92 Å². The molecule has 0 aromatic carbocycles. The van der Waals surface area contributed by atoms with E-state index in [0.717, 1.165) is 12.8 Å². The zero-order valence-electron chi connectivity index (χ0n) is 10.6. The summed E-state index contributed by atoms with van der Waals surface area (Å²) < 4.78 is 0. The number of H-pyrrole nitrogens is 1. The average molecular weight is 251 g/mol. The Balaban J connectivity index is 2.05. The molecule has 1 aromatic rings. The molecule has 1 saturated heterocycles. The van der Waals surface area contributed by atoms with Crippen LogP contribution in [0.15, 0.2) is 0 Å². The Bertz CT molecular complexity index is 456. The molecule has 2 N–H and O–H groups in total. The lowest BCUT2D eigenvalue weighted by molar-refractivity contribution is -0.125. The van der Waals surface area contributed by atoms with Crippen LogP contribution in [0.1, 0.15) is 29.3 Å². The number of hydrogen-bond acceptors (Lipinski definition) is 4. The van der Waals surface area contributed by atoms with E-state index in [1.807, 2.05) is 0 Å². The van der Waals surface area contributed by atoms with Gasteiger partial charge in [-0.15, -0.1) is 5.10 Å². The van der Waals surface area contributed by atoms with Gasteiger partial charge in [0.1, 0.15) is 5.82 Å². The lowest BCUT2D eigenvalue weighted by Gasteiger charge is -2.30. The molecule has 2 heterocycles.